The molecule has 116 valence electrons. The van der Waals surface area contributed by atoms with E-state index < -0.39 is 0 Å². The molecule has 1 aliphatic rings. The van der Waals surface area contributed by atoms with Gasteiger partial charge in [-0.1, -0.05) is 20.8 Å². The van der Waals surface area contributed by atoms with Gasteiger partial charge in [0.05, 0.1) is 5.69 Å². The summed E-state index contributed by atoms with van der Waals surface area (Å²) < 4.78 is 2.06. The predicted octanol–water partition coefficient (Wildman–Crippen LogP) is 2.14. The fraction of sp³-hybridized carbons (Fsp3) is 0.800. The molecule has 0 bridgehead atoms. The Morgan fingerprint density at radius 1 is 1.30 bits per heavy atom. The molecule has 20 heavy (non-hydrogen) atoms. The number of likely N-dealkylation sites (tertiary alicyclic amines) is 1. The molecule has 1 unspecified atom stereocenters. The normalized spacial score (nSPS) is 23.1. The van der Waals surface area contributed by atoms with Crippen molar-refractivity contribution in [2.45, 2.75) is 46.6 Å². The highest BCUT2D eigenvalue weighted by atomic mass is 35.5. The van der Waals surface area contributed by atoms with Crippen LogP contribution in [0.25, 0.3) is 0 Å². The zero-order chi connectivity index (χ0) is 14.0. The van der Waals surface area contributed by atoms with Gasteiger partial charge in [0, 0.05) is 31.4 Å². The zero-order valence-electron chi connectivity index (χ0n) is 13.3. The molecule has 1 aliphatic heterocycles. The van der Waals surface area contributed by atoms with Gasteiger partial charge in [-0.2, -0.15) is 5.10 Å². The SMILES string of the molecule is CCc1nn(C)c(CC)c1CN1CCC(C)(CN)C1.Cl. The van der Waals surface area contributed by atoms with Crippen molar-refractivity contribution >= 4 is 12.4 Å². The average Bonchev–Trinajstić information content (AvgIpc) is 2.91. The third-order valence-corrected chi connectivity index (χ3v) is 4.54. The minimum Gasteiger partial charge on any atom is -0.330 e. The van der Waals surface area contributed by atoms with E-state index in [9.17, 15) is 0 Å². The lowest BCUT2D eigenvalue weighted by Gasteiger charge is -2.23. The maximum atomic E-state index is 5.90. The molecule has 0 aromatic carbocycles. The summed E-state index contributed by atoms with van der Waals surface area (Å²) in [7, 11) is 2.06. The summed E-state index contributed by atoms with van der Waals surface area (Å²) in [6, 6.07) is 0. The first-order valence-electron chi connectivity index (χ1n) is 7.49. The second kappa shape index (κ2) is 6.92. The Kier molecular flexibility index (Phi) is 6.05. The number of nitrogens with zero attached hydrogens (tertiary/aromatic N) is 3. The van der Waals surface area contributed by atoms with Crippen molar-refractivity contribution in [1.82, 2.24) is 14.7 Å². The molecule has 1 fully saturated rings. The molecule has 5 heteroatoms. The van der Waals surface area contributed by atoms with Crippen molar-refractivity contribution in [3.05, 3.63) is 17.0 Å². The maximum absolute atomic E-state index is 5.90. The Balaban J connectivity index is 0.00000200. The summed E-state index contributed by atoms with van der Waals surface area (Å²) in [6.07, 6.45) is 3.29. The van der Waals surface area contributed by atoms with E-state index in [1.165, 1.54) is 23.4 Å². The van der Waals surface area contributed by atoms with E-state index in [1.54, 1.807) is 0 Å². The molecule has 0 radical (unpaired) electrons. The largest absolute Gasteiger partial charge is 0.330 e. The van der Waals surface area contributed by atoms with Crippen LogP contribution in [0, 0.1) is 5.41 Å². The Morgan fingerprint density at radius 3 is 2.50 bits per heavy atom. The highest BCUT2D eigenvalue weighted by Crippen LogP contribution is 2.30. The van der Waals surface area contributed by atoms with E-state index in [0.29, 0.717) is 5.41 Å². The summed E-state index contributed by atoms with van der Waals surface area (Å²) in [5.41, 5.74) is 10.3. The molecular weight excluding hydrogens is 272 g/mol. The molecule has 1 aromatic heterocycles. The summed E-state index contributed by atoms with van der Waals surface area (Å²) in [6.45, 7) is 10.8. The highest BCUT2D eigenvalue weighted by Gasteiger charge is 2.33. The molecule has 2 N–H and O–H groups in total. The van der Waals surface area contributed by atoms with Gasteiger partial charge in [0.1, 0.15) is 0 Å². The van der Waals surface area contributed by atoms with Crippen LogP contribution in [0.3, 0.4) is 0 Å². The maximum Gasteiger partial charge on any atom is 0.0669 e. The Bertz CT molecular complexity index is 443. The smallest absolute Gasteiger partial charge is 0.0669 e. The van der Waals surface area contributed by atoms with Crippen LogP contribution < -0.4 is 5.73 Å². The number of hydrogen-bond donors (Lipinski definition) is 1. The Labute approximate surface area is 129 Å². The van der Waals surface area contributed by atoms with Gasteiger partial charge in [-0.25, -0.2) is 0 Å². The van der Waals surface area contributed by atoms with E-state index in [-0.39, 0.29) is 12.4 Å². The molecule has 1 saturated heterocycles. The van der Waals surface area contributed by atoms with E-state index in [4.69, 9.17) is 5.73 Å². The fourth-order valence-electron chi connectivity index (χ4n) is 3.22. The van der Waals surface area contributed by atoms with Crippen LogP contribution in [0.2, 0.25) is 0 Å². The molecular formula is C15H29ClN4. The Hall–Kier alpha value is -0.580. The van der Waals surface area contributed by atoms with Gasteiger partial charge in [0.15, 0.2) is 0 Å². The first-order valence-corrected chi connectivity index (χ1v) is 7.49. The number of nitrogens with two attached hydrogens (primary N) is 1. The van der Waals surface area contributed by atoms with Crippen molar-refractivity contribution in [2.24, 2.45) is 18.2 Å². The van der Waals surface area contributed by atoms with E-state index in [0.717, 1.165) is 39.0 Å². The van der Waals surface area contributed by atoms with Crippen LogP contribution in [-0.2, 0) is 26.4 Å². The lowest BCUT2D eigenvalue weighted by atomic mass is 9.90. The number of hydrogen-bond acceptors (Lipinski definition) is 3. The molecule has 1 aromatic rings. The van der Waals surface area contributed by atoms with Crippen molar-refractivity contribution in [2.75, 3.05) is 19.6 Å². The lowest BCUT2D eigenvalue weighted by molar-refractivity contribution is 0.273. The van der Waals surface area contributed by atoms with Crippen LogP contribution in [0.1, 0.15) is 44.1 Å². The summed E-state index contributed by atoms with van der Waals surface area (Å²) in [5, 5.41) is 4.66. The lowest BCUT2D eigenvalue weighted by Crippen LogP contribution is -2.31. The van der Waals surface area contributed by atoms with Crippen molar-refractivity contribution in [1.29, 1.82) is 0 Å². The molecule has 1 atom stereocenters. The molecule has 2 heterocycles. The summed E-state index contributed by atoms with van der Waals surface area (Å²) >= 11 is 0. The third-order valence-electron chi connectivity index (χ3n) is 4.54. The molecule has 0 amide bonds. The topological polar surface area (TPSA) is 47.1 Å². The van der Waals surface area contributed by atoms with Crippen molar-refractivity contribution < 1.29 is 0 Å². The molecule has 0 aliphatic carbocycles. The number of aromatic nitrogens is 2. The summed E-state index contributed by atoms with van der Waals surface area (Å²) in [5.74, 6) is 0. The van der Waals surface area contributed by atoms with Gasteiger partial charge in [-0.3, -0.25) is 9.58 Å². The van der Waals surface area contributed by atoms with Gasteiger partial charge in [-0.15, -0.1) is 12.4 Å². The van der Waals surface area contributed by atoms with Crippen molar-refractivity contribution in [3.63, 3.8) is 0 Å². The molecule has 0 spiro atoms. The van der Waals surface area contributed by atoms with Gasteiger partial charge < -0.3 is 5.73 Å². The second-order valence-electron chi connectivity index (χ2n) is 6.18. The van der Waals surface area contributed by atoms with Crippen molar-refractivity contribution in [3.8, 4) is 0 Å². The fourth-order valence-corrected chi connectivity index (χ4v) is 3.22. The first kappa shape index (κ1) is 17.5. The monoisotopic (exact) mass is 300 g/mol. The number of halogens is 1. The zero-order valence-corrected chi connectivity index (χ0v) is 14.1. The minimum absolute atomic E-state index is 0. The van der Waals surface area contributed by atoms with E-state index in [2.05, 4.69) is 42.5 Å². The predicted molar refractivity (Wildman–Crippen MR) is 86.3 cm³/mol. The van der Waals surface area contributed by atoms with Crippen LogP contribution in [0.5, 0.6) is 0 Å². The molecule has 0 saturated carbocycles. The standard InChI is InChI=1S/C15H28N4.ClH/c1-5-13-12(14(6-2)18(4)17-13)9-19-8-7-15(3,10-16)11-19;/h5-11,16H2,1-4H3;1H. The van der Waals surface area contributed by atoms with Gasteiger partial charge in [-0.05, 0) is 37.8 Å². The van der Waals surface area contributed by atoms with Crippen LogP contribution in [-0.4, -0.2) is 34.3 Å². The van der Waals surface area contributed by atoms with Crippen LogP contribution >= 0.6 is 12.4 Å². The highest BCUT2D eigenvalue weighted by molar-refractivity contribution is 5.85. The summed E-state index contributed by atoms with van der Waals surface area (Å²) in [4.78, 5) is 2.54. The van der Waals surface area contributed by atoms with Gasteiger partial charge >= 0.3 is 0 Å². The number of aryl methyl sites for hydroxylation is 2. The van der Waals surface area contributed by atoms with E-state index in [1.807, 2.05) is 0 Å². The molecule has 2 rings (SSSR count). The first-order chi connectivity index (χ1) is 9.03. The van der Waals surface area contributed by atoms with Crippen LogP contribution in [0.4, 0.5) is 0 Å². The van der Waals surface area contributed by atoms with Crippen LogP contribution in [0.15, 0.2) is 0 Å². The van der Waals surface area contributed by atoms with Gasteiger partial charge in [0.25, 0.3) is 0 Å². The molecule has 4 nitrogen and oxygen atoms in total. The van der Waals surface area contributed by atoms with Gasteiger partial charge in [0.2, 0.25) is 0 Å². The number of rotatable bonds is 5. The third kappa shape index (κ3) is 3.35. The minimum atomic E-state index is 0. The van der Waals surface area contributed by atoms with E-state index >= 15 is 0 Å². The quantitative estimate of drug-likeness (QED) is 0.906. The Morgan fingerprint density at radius 2 is 2.00 bits per heavy atom. The average molecular weight is 301 g/mol. The second-order valence-corrected chi connectivity index (χ2v) is 6.18.